The van der Waals surface area contributed by atoms with Crippen LogP contribution in [0, 0.1) is 0 Å². The number of hydrogen-bond donors (Lipinski definition) is 4. The Morgan fingerprint density at radius 1 is 1.05 bits per heavy atom. The molecule has 2 aromatic carbocycles. The Labute approximate surface area is 216 Å². The summed E-state index contributed by atoms with van der Waals surface area (Å²) in [5.74, 6) is -0.00616. The number of hydrogen-bond acceptors (Lipinski definition) is 8. The van der Waals surface area contributed by atoms with Crippen molar-refractivity contribution < 1.29 is 13.2 Å². The topological polar surface area (TPSA) is 156 Å². The van der Waals surface area contributed by atoms with Crippen LogP contribution in [-0.4, -0.2) is 47.2 Å². The van der Waals surface area contributed by atoms with Crippen LogP contribution in [0.15, 0.2) is 59.6 Å². The zero-order valence-electron chi connectivity index (χ0n) is 20.4. The number of aromatic nitrogens is 2. The minimum Gasteiger partial charge on any atom is -0.365 e. The largest absolute Gasteiger partial charge is 0.365 e. The van der Waals surface area contributed by atoms with Gasteiger partial charge >= 0.3 is 0 Å². The fraction of sp³-hybridized carbons (Fsp3) is 0.346. The number of nitrogens with two attached hydrogens (primary N) is 2. The van der Waals surface area contributed by atoms with Gasteiger partial charge in [-0.2, -0.15) is 9.29 Å². The molecule has 1 aliphatic heterocycles. The third-order valence-electron chi connectivity index (χ3n) is 7.02. The Morgan fingerprint density at radius 2 is 1.84 bits per heavy atom. The second-order valence-corrected chi connectivity index (χ2v) is 11.5. The highest BCUT2D eigenvalue weighted by Gasteiger charge is 2.28. The first kappa shape index (κ1) is 25.1. The van der Waals surface area contributed by atoms with Gasteiger partial charge in [0.05, 0.1) is 4.90 Å². The number of carbonyl (C=O) groups is 1. The van der Waals surface area contributed by atoms with Crippen molar-refractivity contribution in [2.75, 3.05) is 17.2 Å². The number of nitrogens with one attached hydrogen (secondary N) is 2. The Kier molecular flexibility index (Phi) is 7.09. The van der Waals surface area contributed by atoms with Gasteiger partial charge in [-0.25, -0.2) is 13.4 Å². The fourth-order valence-corrected chi connectivity index (χ4v) is 6.36. The number of benzene rings is 2. The van der Waals surface area contributed by atoms with E-state index in [1.54, 1.807) is 30.3 Å². The first-order valence-electron chi connectivity index (χ1n) is 12.4. The second kappa shape index (κ2) is 10.4. The van der Waals surface area contributed by atoms with Gasteiger partial charge < -0.3 is 22.1 Å². The Balaban J connectivity index is 1.38. The summed E-state index contributed by atoms with van der Waals surface area (Å²) in [6, 6.07) is 14.3. The summed E-state index contributed by atoms with van der Waals surface area (Å²) in [4.78, 5) is 21.2. The fourth-order valence-electron chi connectivity index (χ4n) is 4.92. The first-order chi connectivity index (χ1) is 17.8. The number of fused-ring (bicyclic) bond motifs is 1. The molecule has 2 heterocycles. The van der Waals surface area contributed by atoms with E-state index in [9.17, 15) is 13.2 Å². The van der Waals surface area contributed by atoms with Gasteiger partial charge in [0.25, 0.3) is 5.91 Å². The predicted molar refractivity (Wildman–Crippen MR) is 142 cm³/mol. The van der Waals surface area contributed by atoms with Crippen molar-refractivity contribution in [2.24, 2.45) is 11.5 Å². The average Bonchev–Trinajstić information content (AvgIpc) is 2.90. The minimum atomic E-state index is -3.61. The quantitative estimate of drug-likeness (QED) is 0.370. The van der Waals surface area contributed by atoms with Gasteiger partial charge in [0.2, 0.25) is 16.0 Å². The van der Waals surface area contributed by atoms with Crippen LogP contribution < -0.4 is 22.1 Å². The van der Waals surface area contributed by atoms with Crippen LogP contribution in [0.3, 0.4) is 0 Å². The van der Waals surface area contributed by atoms with Crippen LogP contribution in [0.2, 0.25) is 0 Å². The molecule has 1 fully saturated rings. The molecule has 1 saturated carbocycles. The SMILES string of the molecule is NC(=O)c1cnc(N[C@@H]2CCCC[C@@H]2N)nc1Nc1ccc2c(c1)CN(S(=O)(=O)c1ccccc1)CC2. The molecule has 2 aliphatic rings. The lowest BCUT2D eigenvalue weighted by Crippen LogP contribution is -2.43. The average molecular weight is 522 g/mol. The van der Waals surface area contributed by atoms with E-state index in [1.165, 1.54) is 10.5 Å². The van der Waals surface area contributed by atoms with Crippen LogP contribution >= 0.6 is 0 Å². The number of nitrogens with zero attached hydrogens (tertiary/aromatic N) is 3. The Bertz CT molecular complexity index is 1400. The summed E-state index contributed by atoms with van der Waals surface area (Å²) < 4.78 is 27.8. The van der Waals surface area contributed by atoms with E-state index in [1.807, 2.05) is 18.2 Å². The Morgan fingerprint density at radius 3 is 2.59 bits per heavy atom. The lowest BCUT2D eigenvalue weighted by atomic mass is 9.91. The summed E-state index contributed by atoms with van der Waals surface area (Å²) >= 11 is 0. The van der Waals surface area contributed by atoms with Gasteiger partial charge in [-0.3, -0.25) is 4.79 Å². The molecule has 6 N–H and O–H groups in total. The molecule has 194 valence electrons. The first-order valence-corrected chi connectivity index (χ1v) is 13.9. The molecule has 2 atom stereocenters. The summed E-state index contributed by atoms with van der Waals surface area (Å²) in [6.45, 7) is 0.661. The van der Waals surface area contributed by atoms with E-state index in [2.05, 4.69) is 20.6 Å². The van der Waals surface area contributed by atoms with E-state index in [0.717, 1.165) is 36.8 Å². The summed E-state index contributed by atoms with van der Waals surface area (Å²) in [7, 11) is -3.61. The highest BCUT2D eigenvalue weighted by Crippen LogP contribution is 2.29. The van der Waals surface area contributed by atoms with Crippen LogP contribution in [0.5, 0.6) is 0 Å². The minimum absolute atomic E-state index is 0.0142. The number of primary amides is 1. The maximum atomic E-state index is 13.1. The van der Waals surface area contributed by atoms with Gasteiger partial charge in [-0.15, -0.1) is 0 Å². The van der Waals surface area contributed by atoms with Crippen molar-refractivity contribution in [2.45, 2.75) is 55.6 Å². The zero-order valence-corrected chi connectivity index (χ0v) is 21.2. The molecule has 10 nitrogen and oxygen atoms in total. The summed E-state index contributed by atoms with van der Waals surface area (Å²) in [5, 5.41) is 6.49. The van der Waals surface area contributed by atoms with Crippen LogP contribution in [-0.2, 0) is 23.0 Å². The van der Waals surface area contributed by atoms with Gasteiger partial charge in [0, 0.05) is 37.1 Å². The molecule has 37 heavy (non-hydrogen) atoms. The van der Waals surface area contributed by atoms with Crippen LogP contribution in [0.25, 0.3) is 0 Å². The molecular weight excluding hydrogens is 490 g/mol. The van der Waals surface area contributed by atoms with Gasteiger partial charge in [-0.05, 0) is 54.7 Å². The van der Waals surface area contributed by atoms with E-state index in [-0.39, 0.29) is 34.9 Å². The molecule has 1 aliphatic carbocycles. The summed E-state index contributed by atoms with van der Waals surface area (Å²) in [5.41, 5.74) is 14.6. The molecule has 5 rings (SSSR count). The van der Waals surface area contributed by atoms with Crippen molar-refractivity contribution in [3.63, 3.8) is 0 Å². The number of sulfonamides is 1. The monoisotopic (exact) mass is 521 g/mol. The van der Waals surface area contributed by atoms with E-state index in [4.69, 9.17) is 11.5 Å². The third kappa shape index (κ3) is 5.43. The standard InChI is InChI=1S/C26H31N7O3S/c27-22-8-4-5-9-23(22)31-26-29-15-21(24(28)34)25(32-26)30-19-11-10-17-12-13-33(16-18(17)14-19)37(35,36)20-6-2-1-3-7-20/h1-3,6-7,10-11,14-15,22-23H,4-5,8-9,12-13,16,27H2,(H2,28,34)(H2,29,30,31,32)/t22-,23+/m0/s1. The number of amides is 1. The summed E-state index contributed by atoms with van der Waals surface area (Å²) in [6.07, 6.45) is 6.07. The van der Waals surface area contributed by atoms with Gasteiger partial charge in [-0.1, -0.05) is 37.1 Å². The molecule has 1 aromatic heterocycles. The molecule has 0 saturated heterocycles. The highest BCUT2D eigenvalue weighted by atomic mass is 32.2. The smallest absolute Gasteiger partial charge is 0.254 e. The number of anilines is 3. The molecule has 0 bridgehead atoms. The third-order valence-corrected chi connectivity index (χ3v) is 8.87. The molecule has 11 heteroatoms. The predicted octanol–water partition coefficient (Wildman–Crippen LogP) is 2.75. The van der Waals surface area contributed by atoms with Gasteiger partial charge in [0.15, 0.2) is 0 Å². The van der Waals surface area contributed by atoms with Crippen molar-refractivity contribution >= 4 is 33.4 Å². The Hall–Kier alpha value is -3.54. The molecular formula is C26H31N7O3S. The normalized spacial score (nSPS) is 20.1. The molecule has 0 spiro atoms. The van der Waals surface area contributed by atoms with Crippen LogP contribution in [0.1, 0.15) is 47.2 Å². The zero-order chi connectivity index (χ0) is 26.0. The number of carbonyl (C=O) groups excluding carboxylic acids is 1. The van der Waals surface area contributed by atoms with Crippen molar-refractivity contribution in [1.29, 1.82) is 0 Å². The lowest BCUT2D eigenvalue weighted by molar-refractivity contribution is 0.100. The number of rotatable bonds is 7. The van der Waals surface area contributed by atoms with Crippen LogP contribution in [0.4, 0.5) is 17.5 Å². The van der Waals surface area contributed by atoms with E-state index in [0.29, 0.717) is 24.6 Å². The van der Waals surface area contributed by atoms with Crippen molar-refractivity contribution in [3.8, 4) is 0 Å². The second-order valence-electron chi connectivity index (χ2n) is 9.53. The highest BCUT2D eigenvalue weighted by molar-refractivity contribution is 7.89. The lowest BCUT2D eigenvalue weighted by Gasteiger charge is -2.29. The van der Waals surface area contributed by atoms with Crippen molar-refractivity contribution in [1.82, 2.24) is 14.3 Å². The van der Waals surface area contributed by atoms with E-state index < -0.39 is 15.9 Å². The van der Waals surface area contributed by atoms with Gasteiger partial charge in [0.1, 0.15) is 11.4 Å². The van der Waals surface area contributed by atoms with E-state index >= 15 is 0 Å². The maximum Gasteiger partial charge on any atom is 0.254 e. The molecule has 3 aromatic rings. The molecule has 1 amide bonds. The maximum absolute atomic E-state index is 13.1. The molecule has 0 unspecified atom stereocenters. The van der Waals surface area contributed by atoms with Crippen molar-refractivity contribution in [3.05, 3.63) is 71.4 Å². The molecule has 0 radical (unpaired) electrons.